The van der Waals surface area contributed by atoms with E-state index in [1.165, 1.54) is 0 Å². The molecule has 0 aromatic rings. The van der Waals surface area contributed by atoms with E-state index in [2.05, 4.69) is 0 Å². The molecule has 0 saturated carbocycles. The summed E-state index contributed by atoms with van der Waals surface area (Å²) in [6.07, 6.45) is 0. The first-order valence-corrected chi connectivity index (χ1v) is 6.80. The summed E-state index contributed by atoms with van der Waals surface area (Å²) in [6, 6.07) is 0. The molecule has 1 radical (unpaired) electrons. The molecule has 0 spiro atoms. The zero-order chi connectivity index (χ0) is 12.4. The molecular formula is C10H23AlNaO5. The zero-order valence-electron chi connectivity index (χ0n) is 11.9. The van der Waals surface area contributed by atoms with Gasteiger partial charge >= 0.3 is 15.1 Å². The zero-order valence-corrected chi connectivity index (χ0v) is 15.1. The Kier molecular flexibility index (Phi) is 15.0. The van der Waals surface area contributed by atoms with Crippen LogP contribution in [-0.2, 0) is 20.8 Å². The van der Waals surface area contributed by atoms with E-state index in [4.69, 9.17) is 20.8 Å². The topological polar surface area (TPSA) is 46.2 Å². The molecule has 0 unspecified atom stereocenters. The molecule has 0 heterocycles. The Balaban J connectivity index is 0. The van der Waals surface area contributed by atoms with Gasteiger partial charge in [0.1, 0.15) is 0 Å². The second-order valence-electron chi connectivity index (χ2n) is 4.25. The van der Waals surface area contributed by atoms with Crippen LogP contribution in [0.4, 0.5) is 0 Å². The van der Waals surface area contributed by atoms with E-state index in [9.17, 15) is 0 Å². The molecule has 0 atom stereocenters. The van der Waals surface area contributed by atoms with Crippen LogP contribution in [-0.4, -0.2) is 91.0 Å². The van der Waals surface area contributed by atoms with E-state index in [1.54, 1.807) is 14.2 Å². The molecule has 7 heteroatoms. The summed E-state index contributed by atoms with van der Waals surface area (Å²) in [5, 5.41) is 0. The Morgan fingerprint density at radius 3 is 1.53 bits per heavy atom. The summed E-state index contributed by atoms with van der Waals surface area (Å²) in [5.41, 5.74) is -0.253. The molecular weight excluding hydrogens is 250 g/mol. The van der Waals surface area contributed by atoms with E-state index >= 15 is 0 Å². The molecule has 0 amide bonds. The van der Waals surface area contributed by atoms with Crippen molar-refractivity contribution in [1.82, 2.24) is 0 Å². The van der Waals surface area contributed by atoms with Crippen LogP contribution < -0.4 is 0 Å². The van der Waals surface area contributed by atoms with Crippen molar-refractivity contribution in [2.24, 2.45) is 0 Å². The third kappa shape index (κ3) is 15.3. The van der Waals surface area contributed by atoms with Gasteiger partial charge in [-0.25, -0.2) is 0 Å². The van der Waals surface area contributed by atoms with Crippen LogP contribution in [0.25, 0.3) is 0 Å². The molecule has 0 saturated heterocycles. The molecule has 0 N–H and O–H groups in total. The minimum Gasteiger partial charge on any atom is -0.452 e. The van der Waals surface area contributed by atoms with Gasteiger partial charge in [0.25, 0.3) is 0 Å². The third-order valence-electron chi connectivity index (χ3n) is 1.53. The summed E-state index contributed by atoms with van der Waals surface area (Å²) >= 11 is -2.08. The molecule has 0 fully saturated rings. The Hall–Kier alpha value is 1.33. The van der Waals surface area contributed by atoms with E-state index in [0.29, 0.717) is 26.4 Å². The summed E-state index contributed by atoms with van der Waals surface area (Å²) in [7, 11) is 3.27. The van der Waals surface area contributed by atoms with Crippen molar-refractivity contribution in [2.75, 3.05) is 40.6 Å². The van der Waals surface area contributed by atoms with Crippen molar-refractivity contribution in [1.29, 1.82) is 0 Å². The van der Waals surface area contributed by atoms with Crippen LogP contribution in [0.3, 0.4) is 0 Å². The summed E-state index contributed by atoms with van der Waals surface area (Å²) in [5.74, 6) is 0. The van der Waals surface area contributed by atoms with Crippen molar-refractivity contribution in [3.8, 4) is 0 Å². The van der Waals surface area contributed by atoms with Crippen LogP contribution in [0.2, 0.25) is 0 Å². The van der Waals surface area contributed by atoms with Crippen molar-refractivity contribution >= 4 is 44.7 Å². The predicted octanol–water partition coefficient (Wildman–Crippen LogP) is 0.732. The van der Waals surface area contributed by atoms with Gasteiger partial charge in [-0.3, -0.25) is 0 Å². The Labute approximate surface area is 132 Å². The first-order chi connectivity index (χ1) is 7.49. The maximum Gasteiger partial charge on any atom is 0.906 e. The molecule has 17 heavy (non-hydrogen) atoms. The number of ether oxygens (including phenoxy) is 2. The second kappa shape index (κ2) is 12.4. The standard InChI is InChI=1S/C4H9O.2C3H7O2.Al.Na/c1-4(2,3)5;2*1-5-3-2-4;;/h1-3H3;2*2-3H2,1H3;;/q3*-1;+3;. The molecule has 0 aromatic carbocycles. The average Bonchev–Trinajstić information content (AvgIpc) is 2.16. The average molecular weight is 273 g/mol. The van der Waals surface area contributed by atoms with Gasteiger partial charge in [0.2, 0.25) is 0 Å². The van der Waals surface area contributed by atoms with Gasteiger partial charge < -0.3 is 20.8 Å². The van der Waals surface area contributed by atoms with Crippen molar-refractivity contribution in [2.45, 2.75) is 26.4 Å². The third-order valence-corrected chi connectivity index (χ3v) is 3.45. The van der Waals surface area contributed by atoms with Crippen LogP contribution in [0.5, 0.6) is 0 Å². The Morgan fingerprint density at radius 2 is 1.24 bits per heavy atom. The first kappa shape index (κ1) is 20.6. The normalized spacial score (nSPS) is 11.1. The van der Waals surface area contributed by atoms with E-state index in [0.717, 1.165) is 0 Å². The largest absolute Gasteiger partial charge is 0.906 e. The van der Waals surface area contributed by atoms with Gasteiger partial charge in [-0.2, -0.15) is 0 Å². The first-order valence-electron chi connectivity index (χ1n) is 5.38. The van der Waals surface area contributed by atoms with Gasteiger partial charge in [-0.05, 0) is 20.8 Å². The number of hydrogen-bond acceptors (Lipinski definition) is 5. The van der Waals surface area contributed by atoms with E-state index in [1.807, 2.05) is 20.8 Å². The molecule has 5 nitrogen and oxygen atoms in total. The smallest absolute Gasteiger partial charge is 0.452 e. The van der Waals surface area contributed by atoms with Gasteiger partial charge in [0.15, 0.2) is 0 Å². The van der Waals surface area contributed by atoms with E-state index in [-0.39, 0.29) is 35.2 Å². The van der Waals surface area contributed by atoms with Crippen LogP contribution in [0, 0.1) is 0 Å². The summed E-state index contributed by atoms with van der Waals surface area (Å²) < 4.78 is 26.6. The fourth-order valence-electron chi connectivity index (χ4n) is 0.860. The molecule has 0 bridgehead atoms. The van der Waals surface area contributed by atoms with Crippen molar-refractivity contribution in [3.63, 3.8) is 0 Å². The summed E-state index contributed by atoms with van der Waals surface area (Å²) in [4.78, 5) is 0. The number of hydrogen-bond donors (Lipinski definition) is 0. The molecule has 0 aromatic heterocycles. The molecule has 0 aliphatic rings. The van der Waals surface area contributed by atoms with Crippen LogP contribution in [0.1, 0.15) is 20.8 Å². The second-order valence-corrected chi connectivity index (χ2v) is 5.73. The Morgan fingerprint density at radius 1 is 0.824 bits per heavy atom. The van der Waals surface area contributed by atoms with Gasteiger partial charge in [-0.15, -0.1) is 0 Å². The van der Waals surface area contributed by atoms with Gasteiger partial charge in [0.05, 0.1) is 13.2 Å². The molecule has 0 rings (SSSR count). The monoisotopic (exact) mass is 273 g/mol. The number of rotatable bonds is 9. The molecule has 0 aliphatic heterocycles. The summed E-state index contributed by atoms with van der Waals surface area (Å²) in [6.45, 7) is 8.02. The quantitative estimate of drug-likeness (QED) is 0.458. The van der Waals surface area contributed by atoms with Crippen LogP contribution >= 0.6 is 0 Å². The van der Waals surface area contributed by atoms with Crippen molar-refractivity contribution < 1.29 is 20.8 Å². The maximum atomic E-state index is 5.71. The predicted molar refractivity (Wildman–Crippen MR) is 68.0 cm³/mol. The molecule has 97 valence electrons. The van der Waals surface area contributed by atoms with Gasteiger partial charge in [0, 0.05) is 62.6 Å². The molecule has 0 aliphatic carbocycles. The van der Waals surface area contributed by atoms with Crippen molar-refractivity contribution in [3.05, 3.63) is 0 Å². The van der Waals surface area contributed by atoms with Gasteiger partial charge in [-0.1, -0.05) is 0 Å². The minimum atomic E-state index is -2.08. The maximum absolute atomic E-state index is 5.71. The van der Waals surface area contributed by atoms with Crippen LogP contribution in [0.15, 0.2) is 0 Å². The van der Waals surface area contributed by atoms with E-state index < -0.39 is 15.1 Å². The fourth-order valence-corrected chi connectivity index (χ4v) is 2.25. The Bertz CT molecular complexity index is 155. The number of methoxy groups -OCH3 is 2. The fraction of sp³-hybridized carbons (Fsp3) is 1.00. The SMILES string of the molecule is COCC[O][Al]([O]CCOC)[O]C(C)(C)C.[Na]. The minimum absolute atomic E-state index is 0.